The maximum absolute atomic E-state index is 12.3. The number of halogens is 2. The number of anilines is 2. The van der Waals surface area contributed by atoms with E-state index in [1.165, 1.54) is 0 Å². The molecule has 1 saturated heterocycles. The molecule has 148 valence electrons. The van der Waals surface area contributed by atoms with Crippen LogP contribution in [0.5, 0.6) is 0 Å². The van der Waals surface area contributed by atoms with Crippen LogP contribution < -0.4 is 15.5 Å². The summed E-state index contributed by atoms with van der Waals surface area (Å²) < 4.78 is 0. The molecule has 0 atom stereocenters. The lowest BCUT2D eigenvalue weighted by Crippen LogP contribution is -2.46. The molecule has 0 bridgehead atoms. The second-order valence-corrected chi connectivity index (χ2v) is 7.70. The number of hydrogen-bond donors (Lipinski definition) is 2. The Kier molecular flexibility index (Phi) is 7.13. The van der Waals surface area contributed by atoms with Crippen LogP contribution >= 0.6 is 35.4 Å². The van der Waals surface area contributed by atoms with Crippen molar-refractivity contribution in [1.29, 1.82) is 0 Å². The fourth-order valence-corrected chi connectivity index (χ4v) is 3.86. The number of benzene rings is 2. The highest BCUT2D eigenvalue weighted by Gasteiger charge is 2.18. The molecule has 28 heavy (non-hydrogen) atoms. The van der Waals surface area contributed by atoms with Gasteiger partial charge in [-0.25, -0.2) is 0 Å². The lowest BCUT2D eigenvalue weighted by Gasteiger charge is -2.36. The number of carbonyl (C=O) groups excluding carboxylic acids is 1. The molecule has 0 radical (unpaired) electrons. The highest BCUT2D eigenvalue weighted by molar-refractivity contribution is 7.80. The molecule has 1 fully saturated rings. The minimum Gasteiger partial charge on any atom is -0.368 e. The topological polar surface area (TPSA) is 47.6 Å². The van der Waals surface area contributed by atoms with Crippen LogP contribution in [0.2, 0.25) is 10.0 Å². The first-order valence-corrected chi connectivity index (χ1v) is 10.3. The number of likely N-dealkylation sites (N-methyl/N-ethyl adjacent to an activating group) is 1. The summed E-state index contributed by atoms with van der Waals surface area (Å²) in [5.74, 6) is -0.361. The zero-order chi connectivity index (χ0) is 20.1. The summed E-state index contributed by atoms with van der Waals surface area (Å²) >= 11 is 17.8. The first-order chi connectivity index (χ1) is 13.5. The Morgan fingerprint density at radius 1 is 1.07 bits per heavy atom. The van der Waals surface area contributed by atoms with Crippen molar-refractivity contribution in [3.8, 4) is 0 Å². The molecule has 1 aliphatic rings. The molecule has 5 nitrogen and oxygen atoms in total. The van der Waals surface area contributed by atoms with Gasteiger partial charge in [0.2, 0.25) is 0 Å². The van der Waals surface area contributed by atoms with E-state index in [-0.39, 0.29) is 11.0 Å². The lowest BCUT2D eigenvalue weighted by molar-refractivity contribution is 0.0978. The van der Waals surface area contributed by atoms with E-state index in [1.807, 2.05) is 18.2 Å². The molecule has 1 aliphatic heterocycles. The number of nitrogens with zero attached hydrogens (tertiary/aromatic N) is 2. The second kappa shape index (κ2) is 9.56. The van der Waals surface area contributed by atoms with Crippen molar-refractivity contribution in [2.24, 2.45) is 0 Å². The average molecular weight is 437 g/mol. The van der Waals surface area contributed by atoms with Crippen molar-refractivity contribution in [3.63, 3.8) is 0 Å². The molecule has 0 aromatic heterocycles. The summed E-state index contributed by atoms with van der Waals surface area (Å²) in [6, 6.07) is 12.5. The van der Waals surface area contributed by atoms with Gasteiger partial charge in [0, 0.05) is 31.9 Å². The maximum atomic E-state index is 12.3. The first-order valence-electron chi connectivity index (χ1n) is 9.11. The van der Waals surface area contributed by atoms with E-state index in [2.05, 4.69) is 27.4 Å². The number of hydrogen-bond acceptors (Lipinski definition) is 4. The highest BCUT2D eigenvalue weighted by atomic mass is 35.5. The minimum absolute atomic E-state index is 0.185. The number of amides is 1. The molecule has 1 heterocycles. The molecule has 0 spiro atoms. The van der Waals surface area contributed by atoms with Crippen LogP contribution in [-0.4, -0.2) is 48.6 Å². The standard InChI is InChI=1S/C20H22Cl2N4OS/c1-2-25-9-11-26(12-10-25)18-8-7-14(13-17(18)22)23-20(28)24-19(27)15-5-3-4-6-16(15)21/h3-8,13H,2,9-12H2,1H3,(H2,23,24,27,28). The quantitative estimate of drug-likeness (QED) is 0.700. The average Bonchev–Trinajstić information content (AvgIpc) is 2.68. The van der Waals surface area contributed by atoms with Gasteiger partial charge in [0.25, 0.3) is 5.91 Å². The second-order valence-electron chi connectivity index (χ2n) is 6.48. The predicted octanol–water partition coefficient (Wildman–Crippen LogP) is 4.26. The Bertz CT molecular complexity index is 869. The van der Waals surface area contributed by atoms with Gasteiger partial charge in [-0.05, 0) is 49.1 Å². The van der Waals surface area contributed by atoms with E-state index in [0.29, 0.717) is 21.3 Å². The van der Waals surface area contributed by atoms with Gasteiger partial charge < -0.3 is 15.1 Å². The molecule has 2 aromatic rings. The Hall–Kier alpha value is -1.86. The van der Waals surface area contributed by atoms with E-state index in [0.717, 1.165) is 38.4 Å². The van der Waals surface area contributed by atoms with Gasteiger partial charge in [-0.2, -0.15) is 0 Å². The number of rotatable bonds is 4. The third kappa shape index (κ3) is 5.14. The van der Waals surface area contributed by atoms with Gasteiger partial charge in [0.15, 0.2) is 5.11 Å². The zero-order valence-electron chi connectivity index (χ0n) is 15.5. The third-order valence-corrected chi connectivity index (χ3v) is 5.55. The summed E-state index contributed by atoms with van der Waals surface area (Å²) in [6.45, 7) is 7.22. The van der Waals surface area contributed by atoms with Crippen molar-refractivity contribution < 1.29 is 4.79 Å². The molecule has 3 rings (SSSR count). The molecule has 2 N–H and O–H groups in total. The summed E-state index contributed by atoms with van der Waals surface area (Å²) in [5, 5.41) is 6.83. The minimum atomic E-state index is -0.361. The maximum Gasteiger partial charge on any atom is 0.258 e. The van der Waals surface area contributed by atoms with Crippen LogP contribution in [0.4, 0.5) is 11.4 Å². The Balaban J connectivity index is 1.60. The van der Waals surface area contributed by atoms with E-state index < -0.39 is 0 Å². The van der Waals surface area contributed by atoms with E-state index >= 15 is 0 Å². The normalized spacial score (nSPS) is 14.6. The van der Waals surface area contributed by atoms with Gasteiger partial charge in [0.05, 0.1) is 21.3 Å². The third-order valence-electron chi connectivity index (χ3n) is 4.71. The molecule has 8 heteroatoms. The fourth-order valence-electron chi connectivity index (χ4n) is 3.12. The lowest BCUT2D eigenvalue weighted by atomic mass is 10.2. The number of thiocarbonyl (C=S) groups is 1. The monoisotopic (exact) mass is 436 g/mol. The van der Waals surface area contributed by atoms with E-state index in [4.69, 9.17) is 35.4 Å². The predicted molar refractivity (Wildman–Crippen MR) is 121 cm³/mol. The number of carbonyl (C=O) groups is 1. The molecular formula is C20H22Cl2N4OS. The summed E-state index contributed by atoms with van der Waals surface area (Å²) in [7, 11) is 0. The van der Waals surface area contributed by atoms with Gasteiger partial charge in [0.1, 0.15) is 0 Å². The number of piperazine rings is 1. The van der Waals surface area contributed by atoms with Crippen LogP contribution in [0.1, 0.15) is 17.3 Å². The molecule has 1 amide bonds. The van der Waals surface area contributed by atoms with Crippen LogP contribution in [0.25, 0.3) is 0 Å². The van der Waals surface area contributed by atoms with Gasteiger partial charge in [-0.15, -0.1) is 0 Å². The summed E-state index contributed by atoms with van der Waals surface area (Å²) in [6.07, 6.45) is 0. The molecule has 0 saturated carbocycles. The van der Waals surface area contributed by atoms with Crippen LogP contribution in [0.3, 0.4) is 0 Å². The summed E-state index contributed by atoms with van der Waals surface area (Å²) in [5.41, 5.74) is 2.09. The summed E-state index contributed by atoms with van der Waals surface area (Å²) in [4.78, 5) is 17.0. The van der Waals surface area contributed by atoms with Crippen LogP contribution in [-0.2, 0) is 0 Å². The van der Waals surface area contributed by atoms with Crippen molar-refractivity contribution >= 4 is 57.8 Å². The number of nitrogens with one attached hydrogen (secondary N) is 2. The van der Waals surface area contributed by atoms with E-state index in [9.17, 15) is 4.79 Å². The first kappa shape index (κ1) is 20.9. The zero-order valence-corrected chi connectivity index (χ0v) is 17.9. The largest absolute Gasteiger partial charge is 0.368 e. The van der Waals surface area contributed by atoms with Gasteiger partial charge in [-0.3, -0.25) is 10.1 Å². The molecular weight excluding hydrogens is 415 g/mol. The smallest absolute Gasteiger partial charge is 0.258 e. The SMILES string of the molecule is CCN1CCN(c2ccc(NC(=S)NC(=O)c3ccccc3Cl)cc2Cl)CC1. The van der Waals surface area contributed by atoms with Crippen molar-refractivity contribution in [2.45, 2.75) is 6.92 Å². The van der Waals surface area contributed by atoms with Crippen molar-refractivity contribution in [3.05, 3.63) is 58.1 Å². The molecule has 0 aliphatic carbocycles. The van der Waals surface area contributed by atoms with E-state index in [1.54, 1.807) is 24.3 Å². The van der Waals surface area contributed by atoms with Crippen molar-refractivity contribution in [1.82, 2.24) is 10.2 Å². The highest BCUT2D eigenvalue weighted by Crippen LogP contribution is 2.29. The molecule has 2 aromatic carbocycles. The van der Waals surface area contributed by atoms with Crippen LogP contribution in [0.15, 0.2) is 42.5 Å². The van der Waals surface area contributed by atoms with Crippen LogP contribution in [0, 0.1) is 0 Å². The Labute approximate surface area is 180 Å². The van der Waals surface area contributed by atoms with Gasteiger partial charge >= 0.3 is 0 Å². The van der Waals surface area contributed by atoms with Crippen molar-refractivity contribution in [2.75, 3.05) is 42.9 Å². The Morgan fingerprint density at radius 2 is 1.79 bits per heavy atom. The Morgan fingerprint density at radius 3 is 2.43 bits per heavy atom. The molecule has 0 unspecified atom stereocenters. The van der Waals surface area contributed by atoms with Gasteiger partial charge in [-0.1, -0.05) is 42.3 Å². The fraction of sp³-hybridized carbons (Fsp3) is 0.300.